The minimum absolute atomic E-state index is 0.167. The third-order valence-corrected chi connectivity index (χ3v) is 3.56. The van der Waals surface area contributed by atoms with E-state index in [2.05, 4.69) is 0 Å². The molecule has 1 fully saturated rings. The monoisotopic (exact) mass is 291 g/mol. The molecule has 116 valence electrons. The second-order valence-corrected chi connectivity index (χ2v) is 6.57. The normalized spacial score (nSPS) is 19.7. The van der Waals surface area contributed by atoms with Gasteiger partial charge in [-0.05, 0) is 39.2 Å². The molecule has 0 bridgehead atoms. The van der Waals surface area contributed by atoms with Crippen LogP contribution in [0.3, 0.4) is 0 Å². The van der Waals surface area contributed by atoms with Crippen LogP contribution in [0, 0.1) is 5.41 Å². The summed E-state index contributed by atoms with van der Waals surface area (Å²) in [6.07, 6.45) is 2.04. The van der Waals surface area contributed by atoms with E-state index >= 15 is 0 Å². The van der Waals surface area contributed by atoms with E-state index in [4.69, 9.17) is 9.57 Å². The predicted molar refractivity (Wildman–Crippen MR) is 81.4 cm³/mol. The molecule has 2 rings (SSSR count). The van der Waals surface area contributed by atoms with Gasteiger partial charge in [0.05, 0.1) is 24.7 Å². The molecule has 0 saturated carbocycles. The van der Waals surface area contributed by atoms with E-state index in [1.807, 2.05) is 51.1 Å². The van der Waals surface area contributed by atoms with Crippen LogP contribution in [0.1, 0.15) is 39.2 Å². The molecule has 21 heavy (non-hydrogen) atoms. The van der Waals surface area contributed by atoms with Crippen LogP contribution in [-0.2, 0) is 21.0 Å². The molecule has 0 aromatic heterocycles. The van der Waals surface area contributed by atoms with Crippen LogP contribution in [0.15, 0.2) is 30.3 Å². The Kier molecular flexibility index (Phi) is 5.37. The van der Waals surface area contributed by atoms with Crippen LogP contribution in [0.5, 0.6) is 0 Å². The zero-order valence-electron chi connectivity index (χ0n) is 13.2. The maximum atomic E-state index is 12.0. The molecule has 0 aliphatic carbocycles. The molecule has 1 aromatic rings. The van der Waals surface area contributed by atoms with Crippen molar-refractivity contribution in [1.29, 1.82) is 0 Å². The Morgan fingerprint density at radius 2 is 2.00 bits per heavy atom. The first kappa shape index (κ1) is 16.0. The highest BCUT2D eigenvalue weighted by Crippen LogP contribution is 2.22. The van der Waals surface area contributed by atoms with Gasteiger partial charge >= 0.3 is 5.97 Å². The van der Waals surface area contributed by atoms with Gasteiger partial charge in [0, 0.05) is 6.54 Å². The summed E-state index contributed by atoms with van der Waals surface area (Å²) < 4.78 is 5.77. The maximum absolute atomic E-state index is 12.0. The molecule has 1 atom stereocenters. The van der Waals surface area contributed by atoms with Crippen LogP contribution >= 0.6 is 0 Å². The van der Waals surface area contributed by atoms with Gasteiger partial charge in [-0.3, -0.25) is 0 Å². The summed E-state index contributed by atoms with van der Waals surface area (Å²) in [6, 6.07) is 10.3. The number of carbonyl (C=O) groups is 1. The van der Waals surface area contributed by atoms with Crippen LogP contribution < -0.4 is 0 Å². The van der Waals surface area contributed by atoms with Crippen LogP contribution in [0.2, 0.25) is 0 Å². The van der Waals surface area contributed by atoms with Crippen LogP contribution in [0.4, 0.5) is 0 Å². The third-order valence-electron chi connectivity index (χ3n) is 3.56. The van der Waals surface area contributed by atoms with Gasteiger partial charge in [0.1, 0.15) is 0 Å². The minimum Gasteiger partial charge on any atom is -0.375 e. The van der Waals surface area contributed by atoms with Crippen molar-refractivity contribution >= 4 is 5.97 Å². The Hall–Kier alpha value is -1.39. The zero-order chi connectivity index (χ0) is 15.3. The fourth-order valence-corrected chi connectivity index (χ4v) is 2.23. The van der Waals surface area contributed by atoms with Crippen molar-refractivity contribution in [1.82, 2.24) is 5.06 Å². The Morgan fingerprint density at radius 3 is 2.67 bits per heavy atom. The van der Waals surface area contributed by atoms with Gasteiger partial charge in [0.15, 0.2) is 0 Å². The first-order valence-corrected chi connectivity index (χ1v) is 7.57. The summed E-state index contributed by atoms with van der Waals surface area (Å²) in [5, 5.41) is 1.79. The topological polar surface area (TPSA) is 38.8 Å². The van der Waals surface area contributed by atoms with E-state index in [0.29, 0.717) is 13.2 Å². The Balaban J connectivity index is 1.78. The van der Waals surface area contributed by atoms with Gasteiger partial charge in [-0.25, -0.2) is 4.79 Å². The van der Waals surface area contributed by atoms with Crippen molar-refractivity contribution in [2.24, 2.45) is 5.41 Å². The largest absolute Gasteiger partial charge is 0.375 e. The molecule has 0 spiro atoms. The zero-order valence-corrected chi connectivity index (χ0v) is 13.2. The molecule has 1 aromatic carbocycles. The predicted octanol–water partition coefficient (Wildman–Crippen LogP) is 3.17. The second-order valence-electron chi connectivity index (χ2n) is 6.57. The average Bonchev–Trinajstić information content (AvgIpc) is 2.86. The van der Waals surface area contributed by atoms with Crippen molar-refractivity contribution < 1.29 is 14.4 Å². The molecule has 0 unspecified atom stereocenters. The number of rotatable bonds is 5. The summed E-state index contributed by atoms with van der Waals surface area (Å²) in [4.78, 5) is 17.5. The summed E-state index contributed by atoms with van der Waals surface area (Å²) in [6.45, 7) is 7.58. The van der Waals surface area contributed by atoms with Gasteiger partial charge in [-0.15, -0.1) is 5.06 Å². The number of benzene rings is 1. The fourth-order valence-electron chi connectivity index (χ4n) is 2.23. The number of ether oxygens (including phenoxy) is 1. The Bertz CT molecular complexity index is 453. The molecular weight excluding hydrogens is 266 g/mol. The van der Waals surface area contributed by atoms with Crippen molar-refractivity contribution in [3.63, 3.8) is 0 Å². The lowest BCUT2D eigenvalue weighted by Gasteiger charge is -2.26. The highest BCUT2D eigenvalue weighted by Gasteiger charge is 2.32. The van der Waals surface area contributed by atoms with Gasteiger partial charge in [0.2, 0.25) is 0 Å². The molecule has 1 heterocycles. The first-order valence-electron chi connectivity index (χ1n) is 7.57. The quantitative estimate of drug-likeness (QED) is 0.835. The number of hydrogen-bond acceptors (Lipinski definition) is 4. The van der Waals surface area contributed by atoms with Gasteiger partial charge in [0.25, 0.3) is 0 Å². The van der Waals surface area contributed by atoms with E-state index in [9.17, 15) is 4.79 Å². The lowest BCUT2D eigenvalue weighted by Crippen LogP contribution is -2.38. The van der Waals surface area contributed by atoms with E-state index in [1.165, 1.54) is 0 Å². The standard InChI is InChI=1S/C17H25NO3/c1-17(2,3)16(19)21-18-11-7-10-15(18)13-20-12-14-8-5-4-6-9-14/h4-6,8-9,15H,7,10-13H2,1-3H3/t15-/m0/s1. The van der Waals surface area contributed by atoms with E-state index < -0.39 is 5.41 Å². The Labute approximate surface area is 127 Å². The molecule has 1 aliphatic rings. The average molecular weight is 291 g/mol. The smallest absolute Gasteiger partial charge is 0.330 e. The van der Waals surface area contributed by atoms with Crippen molar-refractivity contribution in [3.05, 3.63) is 35.9 Å². The van der Waals surface area contributed by atoms with Crippen LogP contribution in [0.25, 0.3) is 0 Å². The SMILES string of the molecule is CC(C)(C)C(=O)ON1CCC[C@H]1COCc1ccccc1. The number of nitrogens with zero attached hydrogens (tertiary/aromatic N) is 1. The number of hydroxylamine groups is 2. The second kappa shape index (κ2) is 7.05. The summed E-state index contributed by atoms with van der Waals surface area (Å²) >= 11 is 0. The highest BCUT2D eigenvalue weighted by atomic mass is 16.7. The Morgan fingerprint density at radius 1 is 1.29 bits per heavy atom. The molecule has 1 saturated heterocycles. The molecule has 0 N–H and O–H groups in total. The minimum atomic E-state index is -0.474. The van der Waals surface area contributed by atoms with Crippen molar-refractivity contribution in [3.8, 4) is 0 Å². The van der Waals surface area contributed by atoms with Gasteiger partial charge in [-0.2, -0.15) is 0 Å². The summed E-state index contributed by atoms with van der Waals surface area (Å²) in [7, 11) is 0. The van der Waals surface area contributed by atoms with Gasteiger partial charge < -0.3 is 9.57 Å². The molecule has 4 heteroatoms. The molecule has 0 amide bonds. The maximum Gasteiger partial charge on any atom is 0.330 e. The molecule has 4 nitrogen and oxygen atoms in total. The van der Waals surface area contributed by atoms with E-state index in [0.717, 1.165) is 24.9 Å². The number of carbonyl (C=O) groups excluding carboxylic acids is 1. The van der Waals surface area contributed by atoms with Crippen molar-refractivity contribution in [2.75, 3.05) is 13.2 Å². The van der Waals surface area contributed by atoms with E-state index in [1.54, 1.807) is 5.06 Å². The highest BCUT2D eigenvalue weighted by molar-refractivity contribution is 5.75. The molecule has 1 aliphatic heterocycles. The van der Waals surface area contributed by atoms with Crippen molar-refractivity contribution in [2.45, 2.75) is 46.3 Å². The lowest BCUT2D eigenvalue weighted by atomic mass is 9.98. The van der Waals surface area contributed by atoms with E-state index in [-0.39, 0.29) is 12.0 Å². The third kappa shape index (κ3) is 4.83. The first-order chi connectivity index (χ1) is 9.97. The lowest BCUT2D eigenvalue weighted by molar-refractivity contribution is -0.208. The van der Waals surface area contributed by atoms with Crippen LogP contribution in [-0.4, -0.2) is 30.2 Å². The molecule has 0 radical (unpaired) electrons. The fraction of sp³-hybridized carbons (Fsp3) is 0.588. The van der Waals surface area contributed by atoms with Gasteiger partial charge in [-0.1, -0.05) is 30.3 Å². The molecular formula is C17H25NO3. The summed E-state index contributed by atoms with van der Waals surface area (Å²) in [5.41, 5.74) is 0.687. The number of hydrogen-bond donors (Lipinski definition) is 0. The summed E-state index contributed by atoms with van der Waals surface area (Å²) in [5.74, 6) is -0.183.